The molecule has 0 spiro atoms. The summed E-state index contributed by atoms with van der Waals surface area (Å²) in [5.74, 6) is 0.566. The molecule has 0 unspecified atom stereocenters. The first-order chi connectivity index (χ1) is 13.2. The molecule has 140 valence electrons. The number of guanidine groups is 1. The molecule has 0 saturated carbocycles. The van der Waals surface area contributed by atoms with Gasteiger partial charge in [-0.2, -0.15) is 5.10 Å². The van der Waals surface area contributed by atoms with E-state index in [4.69, 9.17) is 0 Å². The number of aromatic nitrogens is 2. The summed E-state index contributed by atoms with van der Waals surface area (Å²) in [4.78, 5) is 4.63. The highest BCUT2D eigenvalue weighted by Crippen LogP contribution is 2.09. The van der Waals surface area contributed by atoms with Crippen LogP contribution in [0.3, 0.4) is 0 Å². The number of hydrogen-bond donors (Lipinski definition) is 2. The topological polar surface area (TPSA) is 54.2 Å². The predicted octanol–water partition coefficient (Wildman–Crippen LogP) is 3.31. The third-order valence-electron chi connectivity index (χ3n) is 4.09. The average Bonchev–Trinajstić information content (AvgIpc) is 3.23. The van der Waals surface area contributed by atoms with Crippen LogP contribution in [0.1, 0.15) is 18.1 Å². The third-order valence-corrected chi connectivity index (χ3v) is 4.09. The van der Waals surface area contributed by atoms with Gasteiger partial charge in [0.15, 0.2) is 5.96 Å². The number of rotatable bonds is 7. The summed E-state index contributed by atoms with van der Waals surface area (Å²) in [6, 6.07) is 16.7. The van der Waals surface area contributed by atoms with Crippen LogP contribution in [0, 0.1) is 5.82 Å². The van der Waals surface area contributed by atoms with E-state index in [9.17, 15) is 4.39 Å². The summed E-state index contributed by atoms with van der Waals surface area (Å²) in [5, 5.41) is 10.8. The Morgan fingerprint density at radius 2 is 1.78 bits per heavy atom. The van der Waals surface area contributed by atoms with Gasteiger partial charge in [0.2, 0.25) is 0 Å². The van der Waals surface area contributed by atoms with Gasteiger partial charge in [-0.25, -0.2) is 14.1 Å². The summed E-state index contributed by atoms with van der Waals surface area (Å²) in [7, 11) is 0. The lowest BCUT2D eigenvalue weighted by Gasteiger charge is -2.11. The number of halogens is 1. The fraction of sp³-hybridized carbons (Fsp3) is 0.238. The first-order valence-electron chi connectivity index (χ1n) is 9.10. The molecule has 0 radical (unpaired) electrons. The molecular weight excluding hydrogens is 341 g/mol. The van der Waals surface area contributed by atoms with E-state index >= 15 is 0 Å². The number of aliphatic imine (C=N–C) groups is 1. The van der Waals surface area contributed by atoms with Gasteiger partial charge in [-0.1, -0.05) is 24.3 Å². The molecule has 0 atom stereocenters. The lowest BCUT2D eigenvalue weighted by Crippen LogP contribution is -2.38. The number of nitrogens with one attached hydrogen (secondary N) is 2. The Bertz CT molecular complexity index is 839. The Labute approximate surface area is 159 Å². The van der Waals surface area contributed by atoms with Crippen molar-refractivity contribution in [1.82, 2.24) is 20.4 Å². The van der Waals surface area contributed by atoms with Gasteiger partial charge in [-0.15, -0.1) is 0 Å². The Balaban J connectivity index is 1.54. The number of benzene rings is 2. The van der Waals surface area contributed by atoms with E-state index in [1.54, 1.807) is 6.20 Å². The van der Waals surface area contributed by atoms with Crippen molar-refractivity contribution in [2.24, 2.45) is 4.99 Å². The maximum absolute atomic E-state index is 13.0. The molecule has 0 aliphatic rings. The van der Waals surface area contributed by atoms with Gasteiger partial charge in [-0.3, -0.25) is 0 Å². The van der Waals surface area contributed by atoms with Crippen molar-refractivity contribution in [3.63, 3.8) is 0 Å². The molecule has 27 heavy (non-hydrogen) atoms. The first kappa shape index (κ1) is 18.6. The first-order valence-corrected chi connectivity index (χ1v) is 9.10. The largest absolute Gasteiger partial charge is 0.357 e. The van der Waals surface area contributed by atoms with Gasteiger partial charge in [0.05, 0.1) is 12.2 Å². The molecule has 0 aliphatic heterocycles. The van der Waals surface area contributed by atoms with Crippen LogP contribution >= 0.6 is 0 Å². The second-order valence-electron chi connectivity index (χ2n) is 6.12. The van der Waals surface area contributed by atoms with Gasteiger partial charge in [0.25, 0.3) is 0 Å². The van der Waals surface area contributed by atoms with Crippen LogP contribution in [0.2, 0.25) is 0 Å². The molecule has 6 heteroatoms. The normalized spacial score (nSPS) is 11.4. The highest BCUT2D eigenvalue weighted by atomic mass is 19.1. The Morgan fingerprint density at radius 1 is 1.04 bits per heavy atom. The molecule has 1 heterocycles. The number of hydrogen-bond acceptors (Lipinski definition) is 2. The summed E-state index contributed by atoms with van der Waals surface area (Å²) < 4.78 is 14.8. The van der Waals surface area contributed by atoms with Crippen LogP contribution < -0.4 is 10.6 Å². The second kappa shape index (κ2) is 9.52. The van der Waals surface area contributed by atoms with Crippen LogP contribution in [0.25, 0.3) is 5.69 Å². The summed E-state index contributed by atoms with van der Waals surface area (Å²) >= 11 is 0. The third kappa shape index (κ3) is 5.67. The van der Waals surface area contributed by atoms with E-state index in [0.717, 1.165) is 42.3 Å². The minimum atomic E-state index is -0.208. The fourth-order valence-electron chi connectivity index (χ4n) is 2.66. The van der Waals surface area contributed by atoms with Gasteiger partial charge < -0.3 is 10.6 Å². The van der Waals surface area contributed by atoms with Crippen LogP contribution in [0.15, 0.2) is 72.0 Å². The van der Waals surface area contributed by atoms with E-state index in [1.807, 2.05) is 48.1 Å². The molecule has 3 aromatic rings. The van der Waals surface area contributed by atoms with Crippen molar-refractivity contribution >= 4 is 5.96 Å². The summed E-state index contributed by atoms with van der Waals surface area (Å²) in [6.07, 6.45) is 4.49. The van der Waals surface area contributed by atoms with Crippen LogP contribution in [0.4, 0.5) is 4.39 Å². The number of nitrogens with zero attached hydrogens (tertiary/aromatic N) is 3. The molecule has 2 N–H and O–H groups in total. The Kier molecular flexibility index (Phi) is 6.57. The minimum Gasteiger partial charge on any atom is -0.357 e. The zero-order chi connectivity index (χ0) is 18.9. The molecule has 0 fully saturated rings. The van der Waals surface area contributed by atoms with E-state index in [-0.39, 0.29) is 5.82 Å². The Morgan fingerprint density at radius 3 is 2.44 bits per heavy atom. The van der Waals surface area contributed by atoms with Crippen LogP contribution in [-0.4, -0.2) is 28.8 Å². The zero-order valence-corrected chi connectivity index (χ0v) is 15.4. The van der Waals surface area contributed by atoms with E-state index in [2.05, 4.69) is 32.9 Å². The van der Waals surface area contributed by atoms with Gasteiger partial charge in [0.1, 0.15) is 5.82 Å². The Hall–Kier alpha value is -3.15. The molecule has 0 bridgehead atoms. The van der Waals surface area contributed by atoms with E-state index in [0.29, 0.717) is 6.54 Å². The molecule has 5 nitrogen and oxygen atoms in total. The maximum atomic E-state index is 13.0. The minimum absolute atomic E-state index is 0.208. The monoisotopic (exact) mass is 365 g/mol. The van der Waals surface area contributed by atoms with Gasteiger partial charge in [-0.05, 0) is 54.8 Å². The zero-order valence-electron chi connectivity index (χ0n) is 15.4. The molecular formula is C21H24FN5. The SMILES string of the molecule is CCNC(=NCc1ccc(-n2cccn2)cc1)NCCc1ccc(F)cc1. The maximum Gasteiger partial charge on any atom is 0.191 e. The molecule has 0 aliphatic carbocycles. The van der Waals surface area contributed by atoms with Crippen molar-refractivity contribution in [3.8, 4) is 5.69 Å². The molecule has 0 saturated heterocycles. The standard InChI is InChI=1S/C21H24FN5/c1-2-23-21(24-14-12-17-4-8-19(22)9-5-17)25-16-18-6-10-20(11-7-18)27-15-3-13-26-27/h3-11,13,15H,2,12,14,16H2,1H3,(H2,23,24,25). The summed E-state index contributed by atoms with van der Waals surface area (Å²) in [6.45, 7) is 4.15. The van der Waals surface area contributed by atoms with Crippen molar-refractivity contribution in [2.45, 2.75) is 19.9 Å². The van der Waals surface area contributed by atoms with Crippen LogP contribution in [-0.2, 0) is 13.0 Å². The van der Waals surface area contributed by atoms with Crippen molar-refractivity contribution in [1.29, 1.82) is 0 Å². The van der Waals surface area contributed by atoms with Crippen molar-refractivity contribution in [3.05, 3.63) is 83.9 Å². The van der Waals surface area contributed by atoms with E-state index < -0.39 is 0 Å². The lowest BCUT2D eigenvalue weighted by molar-refractivity contribution is 0.626. The quantitative estimate of drug-likeness (QED) is 0.499. The molecule has 2 aromatic carbocycles. The lowest BCUT2D eigenvalue weighted by atomic mass is 10.1. The fourth-order valence-corrected chi connectivity index (χ4v) is 2.66. The highest BCUT2D eigenvalue weighted by Gasteiger charge is 2.00. The predicted molar refractivity (Wildman–Crippen MR) is 106 cm³/mol. The van der Waals surface area contributed by atoms with Gasteiger partial charge >= 0.3 is 0 Å². The van der Waals surface area contributed by atoms with Gasteiger partial charge in [0, 0.05) is 25.5 Å². The van der Waals surface area contributed by atoms with Crippen molar-refractivity contribution < 1.29 is 4.39 Å². The molecule has 3 rings (SSSR count). The molecule has 0 amide bonds. The summed E-state index contributed by atoms with van der Waals surface area (Å²) in [5.41, 5.74) is 3.24. The molecule has 1 aromatic heterocycles. The van der Waals surface area contributed by atoms with E-state index in [1.165, 1.54) is 12.1 Å². The second-order valence-corrected chi connectivity index (χ2v) is 6.12. The van der Waals surface area contributed by atoms with Crippen LogP contribution in [0.5, 0.6) is 0 Å². The smallest absolute Gasteiger partial charge is 0.191 e. The van der Waals surface area contributed by atoms with Crippen molar-refractivity contribution in [2.75, 3.05) is 13.1 Å². The highest BCUT2D eigenvalue weighted by molar-refractivity contribution is 5.79. The average molecular weight is 365 g/mol.